The van der Waals surface area contributed by atoms with Gasteiger partial charge in [0.2, 0.25) is 0 Å². The molecule has 1 saturated heterocycles. The molecule has 0 aromatic carbocycles. The van der Waals surface area contributed by atoms with Crippen LogP contribution < -0.4 is 11.2 Å². The van der Waals surface area contributed by atoms with Crippen LogP contribution in [0.4, 0.5) is 0 Å². The normalized spacial score (nSPS) is 26.1. The van der Waals surface area contributed by atoms with E-state index < -0.39 is 45.6 Å². The number of aliphatic hydroxyl groups excluding tert-OH is 1. The molecule has 0 radical (unpaired) electrons. The molecule has 3 atom stereocenters. The smallest absolute Gasteiger partial charge is 0.330 e. The molecule has 21 heavy (non-hydrogen) atoms. The van der Waals surface area contributed by atoms with Gasteiger partial charge in [0.05, 0.1) is 18.0 Å². The van der Waals surface area contributed by atoms with Gasteiger partial charge in [-0.2, -0.15) is 8.42 Å². The SMILES string of the molecule is Cc1cn([C@H]2C[C@H](O)[C@@H](CCS(=O)(=O)O)O2)c(=O)[nH]c1=O. The van der Waals surface area contributed by atoms with Crippen molar-refractivity contribution in [2.45, 2.75) is 38.2 Å². The maximum Gasteiger partial charge on any atom is 0.330 e. The lowest BCUT2D eigenvalue weighted by Gasteiger charge is -2.15. The molecule has 9 nitrogen and oxygen atoms in total. The van der Waals surface area contributed by atoms with Crippen molar-refractivity contribution in [1.29, 1.82) is 0 Å². The standard InChI is InChI=1S/C11H16N2O7S/c1-6-5-13(11(16)12-10(6)15)9-4-7(14)8(20-9)2-3-21(17,18)19/h5,7-9,14H,2-4H2,1H3,(H,12,15,16)(H,17,18,19)/t7-,8+,9+/m0/s1. The third-order valence-corrected chi connectivity index (χ3v) is 4.07. The molecule has 0 spiro atoms. The fourth-order valence-corrected chi connectivity index (χ4v) is 2.74. The molecular weight excluding hydrogens is 304 g/mol. The number of nitrogens with zero attached hydrogens (tertiary/aromatic N) is 1. The summed E-state index contributed by atoms with van der Waals surface area (Å²) < 4.78 is 36.7. The quantitative estimate of drug-likeness (QED) is 0.590. The van der Waals surface area contributed by atoms with Crippen LogP contribution in [0.5, 0.6) is 0 Å². The molecule has 1 aromatic heterocycles. The highest BCUT2D eigenvalue weighted by Gasteiger charge is 2.35. The van der Waals surface area contributed by atoms with Crippen LogP contribution in [0.2, 0.25) is 0 Å². The molecule has 0 aliphatic carbocycles. The Hall–Kier alpha value is -1.49. The lowest BCUT2D eigenvalue weighted by atomic mass is 10.1. The van der Waals surface area contributed by atoms with E-state index in [2.05, 4.69) is 4.98 Å². The number of aryl methyl sites for hydroxylation is 1. The van der Waals surface area contributed by atoms with Crippen molar-refractivity contribution in [2.75, 3.05) is 5.75 Å². The van der Waals surface area contributed by atoms with Crippen molar-refractivity contribution in [2.24, 2.45) is 0 Å². The van der Waals surface area contributed by atoms with Gasteiger partial charge in [0.1, 0.15) is 6.23 Å². The van der Waals surface area contributed by atoms with Crippen LogP contribution in [0.1, 0.15) is 24.6 Å². The summed E-state index contributed by atoms with van der Waals surface area (Å²) in [6, 6.07) is 0. The summed E-state index contributed by atoms with van der Waals surface area (Å²) in [6.07, 6.45) is -1.25. The number of nitrogens with one attached hydrogen (secondary N) is 1. The minimum Gasteiger partial charge on any atom is -0.390 e. The van der Waals surface area contributed by atoms with Gasteiger partial charge in [-0.15, -0.1) is 0 Å². The van der Waals surface area contributed by atoms with Crippen LogP contribution >= 0.6 is 0 Å². The summed E-state index contributed by atoms with van der Waals surface area (Å²) in [6.45, 7) is 1.52. The van der Waals surface area contributed by atoms with Crippen LogP contribution in [0.3, 0.4) is 0 Å². The molecule has 1 aliphatic heterocycles. The van der Waals surface area contributed by atoms with Crippen molar-refractivity contribution >= 4 is 10.1 Å². The Morgan fingerprint density at radius 2 is 2.14 bits per heavy atom. The zero-order chi connectivity index (χ0) is 15.8. The molecule has 2 rings (SSSR count). The molecule has 0 unspecified atom stereocenters. The first-order chi connectivity index (χ1) is 9.67. The van der Waals surface area contributed by atoms with E-state index in [1.165, 1.54) is 13.1 Å². The molecule has 0 bridgehead atoms. The Morgan fingerprint density at radius 1 is 1.48 bits per heavy atom. The first-order valence-electron chi connectivity index (χ1n) is 6.28. The molecule has 10 heteroatoms. The highest BCUT2D eigenvalue weighted by molar-refractivity contribution is 7.85. The van der Waals surface area contributed by atoms with Crippen LogP contribution in [-0.2, 0) is 14.9 Å². The summed E-state index contributed by atoms with van der Waals surface area (Å²) in [4.78, 5) is 25.1. The van der Waals surface area contributed by atoms with Gasteiger partial charge in [-0.05, 0) is 13.3 Å². The second-order valence-corrected chi connectivity index (χ2v) is 6.56. The zero-order valence-corrected chi connectivity index (χ0v) is 12.0. The average Bonchev–Trinajstić information content (AvgIpc) is 2.72. The largest absolute Gasteiger partial charge is 0.390 e. The molecule has 2 heterocycles. The summed E-state index contributed by atoms with van der Waals surface area (Å²) in [5, 5.41) is 9.84. The number of aromatic amines is 1. The van der Waals surface area contributed by atoms with Crippen molar-refractivity contribution in [3.63, 3.8) is 0 Å². The van der Waals surface area contributed by atoms with Gasteiger partial charge >= 0.3 is 5.69 Å². The van der Waals surface area contributed by atoms with Gasteiger partial charge in [0, 0.05) is 18.2 Å². The van der Waals surface area contributed by atoms with Crippen molar-refractivity contribution in [3.8, 4) is 0 Å². The van der Waals surface area contributed by atoms with E-state index >= 15 is 0 Å². The van der Waals surface area contributed by atoms with E-state index in [0.29, 0.717) is 5.56 Å². The lowest BCUT2D eigenvalue weighted by Crippen LogP contribution is -2.33. The number of H-pyrrole nitrogens is 1. The minimum absolute atomic E-state index is 0.0849. The third-order valence-electron chi connectivity index (χ3n) is 3.32. The van der Waals surface area contributed by atoms with Gasteiger partial charge in [-0.1, -0.05) is 0 Å². The van der Waals surface area contributed by atoms with Crippen LogP contribution in [0.25, 0.3) is 0 Å². The van der Waals surface area contributed by atoms with Gasteiger partial charge in [0.25, 0.3) is 15.7 Å². The highest BCUT2D eigenvalue weighted by Crippen LogP contribution is 2.29. The zero-order valence-electron chi connectivity index (χ0n) is 11.2. The van der Waals surface area contributed by atoms with Gasteiger partial charge in [0.15, 0.2) is 0 Å². The summed E-state index contributed by atoms with van der Waals surface area (Å²) in [5.41, 5.74) is -0.856. The number of aromatic nitrogens is 2. The Bertz CT molecular complexity index is 736. The van der Waals surface area contributed by atoms with E-state index in [-0.39, 0.29) is 12.8 Å². The van der Waals surface area contributed by atoms with E-state index in [1.54, 1.807) is 0 Å². The van der Waals surface area contributed by atoms with Crippen molar-refractivity contribution in [1.82, 2.24) is 9.55 Å². The third kappa shape index (κ3) is 3.79. The highest BCUT2D eigenvalue weighted by atomic mass is 32.2. The second kappa shape index (κ2) is 5.72. The average molecular weight is 320 g/mol. The first kappa shape index (κ1) is 15.9. The second-order valence-electron chi connectivity index (χ2n) is 4.99. The Balaban J connectivity index is 2.16. The van der Waals surface area contributed by atoms with Crippen LogP contribution in [-0.4, -0.2) is 45.6 Å². The van der Waals surface area contributed by atoms with Crippen LogP contribution in [0.15, 0.2) is 15.8 Å². The molecule has 118 valence electrons. The number of ether oxygens (including phenoxy) is 1. The maximum atomic E-state index is 11.7. The topological polar surface area (TPSA) is 139 Å². The lowest BCUT2D eigenvalue weighted by molar-refractivity contribution is -0.0215. The minimum atomic E-state index is -4.14. The number of rotatable bonds is 4. The molecule has 3 N–H and O–H groups in total. The molecule has 0 saturated carbocycles. The van der Waals surface area contributed by atoms with E-state index in [4.69, 9.17) is 9.29 Å². The number of hydrogen-bond acceptors (Lipinski definition) is 6. The molecule has 1 aromatic rings. The van der Waals surface area contributed by atoms with E-state index in [1.807, 2.05) is 0 Å². The predicted octanol–water partition coefficient (Wildman–Crippen LogP) is -1.23. The van der Waals surface area contributed by atoms with Gasteiger partial charge in [-0.25, -0.2) is 4.79 Å². The number of hydrogen-bond donors (Lipinski definition) is 3. The molecular formula is C11H16N2O7S. The molecule has 1 aliphatic rings. The maximum absolute atomic E-state index is 11.7. The Morgan fingerprint density at radius 3 is 2.76 bits per heavy atom. The van der Waals surface area contributed by atoms with Crippen molar-refractivity contribution in [3.05, 3.63) is 32.6 Å². The Kier molecular flexibility index (Phi) is 4.33. The predicted molar refractivity (Wildman–Crippen MR) is 71.6 cm³/mol. The summed E-state index contributed by atoms with van der Waals surface area (Å²) >= 11 is 0. The first-order valence-corrected chi connectivity index (χ1v) is 7.89. The fourth-order valence-electron chi connectivity index (χ4n) is 2.21. The molecule has 1 fully saturated rings. The Labute approximate surface area is 119 Å². The van der Waals surface area contributed by atoms with Gasteiger partial charge < -0.3 is 9.84 Å². The summed E-state index contributed by atoms with van der Waals surface area (Å²) in [5.74, 6) is -0.541. The summed E-state index contributed by atoms with van der Waals surface area (Å²) in [7, 11) is -4.14. The van der Waals surface area contributed by atoms with Crippen LogP contribution in [0, 0.1) is 6.92 Å². The van der Waals surface area contributed by atoms with Gasteiger partial charge in [-0.3, -0.25) is 18.9 Å². The molecule has 0 amide bonds. The fraction of sp³-hybridized carbons (Fsp3) is 0.636. The number of aliphatic hydroxyl groups is 1. The van der Waals surface area contributed by atoms with Crippen molar-refractivity contribution < 1.29 is 22.8 Å². The van der Waals surface area contributed by atoms with E-state index in [0.717, 1.165) is 4.57 Å². The van der Waals surface area contributed by atoms with E-state index in [9.17, 15) is 23.1 Å². The monoisotopic (exact) mass is 320 g/mol.